The van der Waals surface area contributed by atoms with Crippen molar-refractivity contribution in [2.75, 3.05) is 33.4 Å². The summed E-state index contributed by atoms with van der Waals surface area (Å²) in [7, 11) is 2.18. The Hall–Kier alpha value is -0.280. The summed E-state index contributed by atoms with van der Waals surface area (Å²) in [5, 5.41) is 8.47. The second-order valence-electron chi connectivity index (χ2n) is 2.68. The maximum Gasteiger partial charge on any atom is 0.133 e. The van der Waals surface area contributed by atoms with Crippen LogP contribution in [0.15, 0.2) is 0 Å². The van der Waals surface area contributed by atoms with Crippen molar-refractivity contribution in [1.82, 2.24) is 4.90 Å². The summed E-state index contributed by atoms with van der Waals surface area (Å²) in [4.78, 5) is 4.09. The molecule has 1 unspecified atom stereocenters. The molecule has 11 heavy (non-hydrogen) atoms. The van der Waals surface area contributed by atoms with Crippen molar-refractivity contribution in [1.29, 1.82) is 0 Å². The van der Waals surface area contributed by atoms with Crippen molar-refractivity contribution in [2.24, 2.45) is 0 Å². The number of isothiocyanates is 1. The molecule has 0 bridgehead atoms. The van der Waals surface area contributed by atoms with Crippen molar-refractivity contribution in [3.05, 3.63) is 5.41 Å². The molecule has 0 aromatic carbocycles. The molecule has 0 amide bonds. The largest absolute Gasteiger partial charge is 0.753 e. The maximum atomic E-state index is 7.13. The molecule has 64 valence electrons. The van der Waals surface area contributed by atoms with Crippen molar-refractivity contribution >= 4 is 17.4 Å². The molecule has 3 nitrogen and oxygen atoms in total. The van der Waals surface area contributed by atoms with Crippen molar-refractivity contribution in [3.63, 3.8) is 0 Å². The van der Waals surface area contributed by atoms with Gasteiger partial charge in [-0.25, -0.2) is 0 Å². The van der Waals surface area contributed by atoms with Gasteiger partial charge in [0.1, 0.15) is 6.67 Å². The molecule has 0 radical (unpaired) electrons. The third-order valence-corrected chi connectivity index (χ3v) is 1.84. The normalized spacial score (nSPS) is 23.6. The minimum absolute atomic E-state index is 1.25. The highest BCUT2D eigenvalue weighted by atomic mass is 32.1. The molecule has 0 saturated carbocycles. The van der Waals surface area contributed by atoms with E-state index in [0.29, 0.717) is 0 Å². The van der Waals surface area contributed by atoms with Crippen molar-refractivity contribution in [3.8, 4) is 0 Å². The van der Waals surface area contributed by atoms with Crippen LogP contribution in [0.1, 0.15) is 6.92 Å². The minimum Gasteiger partial charge on any atom is -0.753 e. The van der Waals surface area contributed by atoms with Gasteiger partial charge >= 0.3 is 0 Å². The fourth-order valence-electron chi connectivity index (χ4n) is 1.18. The average Bonchev–Trinajstić information content (AvgIpc) is 2.37. The van der Waals surface area contributed by atoms with E-state index in [1.165, 1.54) is 31.5 Å². The molecule has 0 aliphatic carbocycles. The molecule has 0 spiro atoms. The summed E-state index contributed by atoms with van der Waals surface area (Å²) in [6, 6.07) is 0. The van der Waals surface area contributed by atoms with Gasteiger partial charge < -0.3 is 10.3 Å². The predicted octanol–water partition coefficient (Wildman–Crippen LogP) is -0.547. The van der Waals surface area contributed by atoms with E-state index in [1.807, 2.05) is 0 Å². The first-order valence-corrected chi connectivity index (χ1v) is 4.18. The zero-order valence-corrected chi connectivity index (χ0v) is 7.95. The van der Waals surface area contributed by atoms with Gasteiger partial charge in [-0.15, -0.1) is 0 Å². The van der Waals surface area contributed by atoms with Crippen LogP contribution in [0.4, 0.5) is 0 Å². The Bertz CT molecular complexity index is 132. The van der Waals surface area contributed by atoms with Crippen LogP contribution >= 0.6 is 12.2 Å². The number of hydrogen-bond acceptors (Lipinski definition) is 2. The average molecular weight is 173 g/mol. The van der Waals surface area contributed by atoms with E-state index in [-0.39, 0.29) is 0 Å². The molecule has 1 saturated heterocycles. The lowest BCUT2D eigenvalue weighted by molar-refractivity contribution is -0.889. The number of hydrogen-bond donors (Lipinski definition) is 1. The number of thiocarbonyl (C=S) groups is 1. The van der Waals surface area contributed by atoms with Crippen LogP contribution in [0, 0.1) is 0 Å². The lowest BCUT2D eigenvalue weighted by Gasteiger charge is -2.07. The summed E-state index contributed by atoms with van der Waals surface area (Å²) in [6.07, 6.45) is 0. The van der Waals surface area contributed by atoms with Gasteiger partial charge in [-0.05, 0) is 14.0 Å². The fraction of sp³-hybridized carbons (Fsp3) is 0.857. The molecule has 1 heterocycles. The summed E-state index contributed by atoms with van der Waals surface area (Å²) >= 11 is 3.70. The first-order valence-electron chi connectivity index (χ1n) is 3.78. The van der Waals surface area contributed by atoms with Gasteiger partial charge in [0.05, 0.1) is 19.6 Å². The van der Waals surface area contributed by atoms with Gasteiger partial charge in [0.15, 0.2) is 0 Å². The number of nitrogens with zero attached hydrogens (tertiary/aromatic N) is 2. The second-order valence-corrected chi connectivity index (χ2v) is 2.87. The molecule has 0 aromatic heterocycles. The minimum atomic E-state index is 1.25. The highest BCUT2D eigenvalue weighted by Gasteiger charge is 2.16. The molecule has 1 N–H and O–H groups in total. The third-order valence-electron chi connectivity index (χ3n) is 1.84. The second kappa shape index (κ2) is 6.43. The summed E-state index contributed by atoms with van der Waals surface area (Å²) < 4.78 is 0. The van der Waals surface area contributed by atoms with E-state index in [1.54, 1.807) is 4.90 Å². The smallest absolute Gasteiger partial charge is 0.133 e. The standard InChI is InChI=1S/C6H14N2.CNS/c1-3-8-5-4-7(2)6-8;2-1-3/h3-6H2,1-2H3;/q;-1/p+1. The third kappa shape index (κ3) is 5.04. The Morgan fingerprint density at radius 1 is 1.73 bits per heavy atom. The fourth-order valence-corrected chi connectivity index (χ4v) is 1.18. The molecule has 4 heteroatoms. The molecule has 1 fully saturated rings. The van der Waals surface area contributed by atoms with E-state index in [0.717, 1.165) is 0 Å². The van der Waals surface area contributed by atoms with Gasteiger partial charge in [-0.3, -0.25) is 4.90 Å². The Morgan fingerprint density at radius 3 is 2.45 bits per heavy atom. The molecule has 1 atom stereocenters. The summed E-state index contributed by atoms with van der Waals surface area (Å²) in [5.74, 6) is 0. The Balaban J connectivity index is 0.000000292. The lowest BCUT2D eigenvalue weighted by atomic mass is 10.6. The topological polar surface area (TPSA) is 30.0 Å². The predicted molar refractivity (Wildman–Crippen MR) is 49.8 cm³/mol. The van der Waals surface area contributed by atoms with E-state index in [2.05, 4.69) is 31.1 Å². The van der Waals surface area contributed by atoms with Gasteiger partial charge in [0.25, 0.3) is 0 Å². The van der Waals surface area contributed by atoms with Crippen LogP contribution in [-0.2, 0) is 0 Å². The zero-order valence-electron chi connectivity index (χ0n) is 7.13. The van der Waals surface area contributed by atoms with Crippen LogP contribution < -0.4 is 4.90 Å². The lowest BCUT2D eigenvalue weighted by Crippen LogP contribution is -3.10. The van der Waals surface area contributed by atoms with Gasteiger partial charge in [-0.2, -0.15) is 5.16 Å². The SMILES string of the molecule is CC[NH+]1CCN(C)C1.[N-]=C=S. The van der Waals surface area contributed by atoms with Gasteiger partial charge in [0.2, 0.25) is 0 Å². The Labute approximate surface area is 73.5 Å². The van der Waals surface area contributed by atoms with Crippen LogP contribution in [0.2, 0.25) is 0 Å². The molecule has 1 aliphatic rings. The molecule has 0 aromatic rings. The molecular weight excluding hydrogens is 158 g/mol. The molecule has 1 aliphatic heterocycles. The first-order chi connectivity index (χ1) is 5.24. The van der Waals surface area contributed by atoms with Crippen LogP contribution in [-0.4, -0.2) is 43.4 Å². The van der Waals surface area contributed by atoms with E-state index in [9.17, 15) is 0 Å². The number of rotatable bonds is 1. The van der Waals surface area contributed by atoms with Crippen molar-refractivity contribution in [2.45, 2.75) is 6.92 Å². The zero-order chi connectivity index (χ0) is 8.69. The highest BCUT2D eigenvalue weighted by Crippen LogP contribution is 1.78. The van der Waals surface area contributed by atoms with E-state index >= 15 is 0 Å². The van der Waals surface area contributed by atoms with Crippen LogP contribution in [0.25, 0.3) is 5.41 Å². The summed E-state index contributed by atoms with van der Waals surface area (Å²) in [6.45, 7) is 7.39. The van der Waals surface area contributed by atoms with Crippen LogP contribution in [0.3, 0.4) is 0 Å². The van der Waals surface area contributed by atoms with E-state index < -0.39 is 0 Å². The quantitative estimate of drug-likeness (QED) is 0.426. The van der Waals surface area contributed by atoms with Gasteiger partial charge in [-0.1, -0.05) is 12.2 Å². The maximum absolute atomic E-state index is 7.13. The Kier molecular flexibility index (Phi) is 6.27. The van der Waals surface area contributed by atoms with E-state index in [4.69, 9.17) is 5.41 Å². The Morgan fingerprint density at radius 2 is 2.27 bits per heavy atom. The number of nitrogens with one attached hydrogen (secondary N) is 1. The van der Waals surface area contributed by atoms with Crippen molar-refractivity contribution < 1.29 is 4.90 Å². The van der Waals surface area contributed by atoms with Crippen LogP contribution in [0.5, 0.6) is 0 Å². The summed E-state index contributed by atoms with van der Waals surface area (Å²) in [5.41, 5.74) is 0. The first kappa shape index (κ1) is 10.7. The number of likely N-dealkylation sites (N-methyl/N-ethyl adjacent to an activating group) is 2. The van der Waals surface area contributed by atoms with Gasteiger partial charge in [0, 0.05) is 0 Å². The molecule has 1 rings (SSSR count). The highest BCUT2D eigenvalue weighted by molar-refractivity contribution is 7.78. The number of quaternary nitrogens is 1. The molecular formula is C7H15N3S. The monoisotopic (exact) mass is 173 g/mol.